The molecule has 15 heteroatoms. The van der Waals surface area contributed by atoms with Crippen molar-refractivity contribution in [2.24, 2.45) is 0 Å². The molecule has 43 heavy (non-hydrogen) atoms. The molecule has 1 fully saturated rings. The zero-order valence-electron chi connectivity index (χ0n) is 23.1. The summed E-state index contributed by atoms with van der Waals surface area (Å²) in [6.07, 6.45) is -1.30. The van der Waals surface area contributed by atoms with Gasteiger partial charge in [0.05, 0.1) is 11.3 Å². The highest BCUT2D eigenvalue weighted by Crippen LogP contribution is 2.35. The number of carbonyl (C=O) groups excluding carboxylic acids is 1. The van der Waals surface area contributed by atoms with Crippen molar-refractivity contribution in [1.29, 1.82) is 0 Å². The standard InChI is InChI=1S/C28H26F5N5O4S/c1-15-4-6-22(38(15)43(40,41)24-10-16-8-19(29)5-7-23(16)42-24)25(39)35-11-17-9-21(34-14-20(17)28(31,32)33)18-12-36-26(37-13-18)27(2,3)30/h5,7-10,12-15,22H,4,6,11H2,1-3H3,(H,35,39)/t15?,22-/m0/s1. The van der Waals surface area contributed by atoms with Crippen LogP contribution in [-0.4, -0.2) is 45.7 Å². The number of sulfonamides is 1. The topological polar surface area (TPSA) is 118 Å². The van der Waals surface area contributed by atoms with Gasteiger partial charge in [0.2, 0.25) is 11.0 Å². The van der Waals surface area contributed by atoms with Gasteiger partial charge < -0.3 is 9.73 Å². The van der Waals surface area contributed by atoms with Crippen molar-refractivity contribution in [2.45, 2.75) is 69.2 Å². The van der Waals surface area contributed by atoms with Crippen LogP contribution < -0.4 is 5.32 Å². The normalized spacial score (nSPS) is 18.3. The molecule has 1 aliphatic rings. The first kappa shape index (κ1) is 30.5. The molecule has 1 unspecified atom stereocenters. The van der Waals surface area contributed by atoms with Gasteiger partial charge in [-0.25, -0.2) is 27.2 Å². The van der Waals surface area contributed by atoms with Gasteiger partial charge in [-0.1, -0.05) is 0 Å². The molecule has 1 N–H and O–H groups in total. The molecular formula is C28H26F5N5O4S. The van der Waals surface area contributed by atoms with Crippen LogP contribution in [0.1, 0.15) is 50.6 Å². The number of fused-ring (bicyclic) bond motifs is 1. The number of carbonyl (C=O) groups is 1. The summed E-state index contributed by atoms with van der Waals surface area (Å²) in [4.78, 5) is 25.0. The first-order valence-corrected chi connectivity index (χ1v) is 14.6. The maximum Gasteiger partial charge on any atom is 0.418 e. The third-order valence-electron chi connectivity index (χ3n) is 7.12. The quantitative estimate of drug-likeness (QED) is 0.270. The van der Waals surface area contributed by atoms with Crippen LogP contribution in [0.5, 0.6) is 0 Å². The number of furan rings is 1. The molecule has 0 aliphatic carbocycles. The summed E-state index contributed by atoms with van der Waals surface area (Å²) in [5.74, 6) is -1.51. The van der Waals surface area contributed by atoms with Crippen molar-refractivity contribution < 1.29 is 39.6 Å². The molecule has 1 aliphatic heterocycles. The Kier molecular flexibility index (Phi) is 7.75. The average molecular weight is 624 g/mol. The van der Waals surface area contributed by atoms with Crippen LogP contribution >= 0.6 is 0 Å². The van der Waals surface area contributed by atoms with E-state index in [4.69, 9.17) is 4.42 Å². The summed E-state index contributed by atoms with van der Waals surface area (Å²) in [6.45, 7) is 3.52. The van der Waals surface area contributed by atoms with E-state index in [9.17, 15) is 35.2 Å². The lowest BCUT2D eigenvalue weighted by atomic mass is 10.1. The largest absolute Gasteiger partial charge is 0.443 e. The predicted molar refractivity (Wildman–Crippen MR) is 144 cm³/mol. The number of halogens is 5. The first-order chi connectivity index (χ1) is 20.1. The van der Waals surface area contributed by atoms with Crippen LogP contribution in [0.4, 0.5) is 22.0 Å². The molecule has 1 aromatic carbocycles. The SMILES string of the molecule is CC1CC[C@@H](C(=O)NCc2cc(-c3cnc(C(C)(C)F)nc3)ncc2C(F)(F)F)N1S(=O)(=O)c1cc2cc(F)ccc2o1. The van der Waals surface area contributed by atoms with Gasteiger partial charge in [-0.3, -0.25) is 9.78 Å². The Morgan fingerprint density at radius 2 is 1.74 bits per heavy atom. The van der Waals surface area contributed by atoms with E-state index in [1.54, 1.807) is 6.92 Å². The van der Waals surface area contributed by atoms with Crippen molar-refractivity contribution in [3.8, 4) is 11.3 Å². The molecule has 5 rings (SSSR count). The van der Waals surface area contributed by atoms with Crippen molar-refractivity contribution in [3.05, 3.63) is 71.7 Å². The van der Waals surface area contributed by atoms with E-state index in [0.29, 0.717) is 12.6 Å². The van der Waals surface area contributed by atoms with Crippen molar-refractivity contribution >= 4 is 26.9 Å². The number of aromatic nitrogens is 3. The monoisotopic (exact) mass is 623 g/mol. The number of nitrogens with zero attached hydrogens (tertiary/aromatic N) is 4. The smallest absolute Gasteiger partial charge is 0.418 e. The highest BCUT2D eigenvalue weighted by atomic mass is 32.2. The fourth-order valence-corrected chi connectivity index (χ4v) is 6.75. The fourth-order valence-electron chi connectivity index (χ4n) is 4.96. The molecule has 0 bridgehead atoms. The minimum absolute atomic E-state index is 0.0560. The van der Waals surface area contributed by atoms with Crippen molar-refractivity contribution in [2.75, 3.05) is 0 Å². The Hall–Kier alpha value is -3.98. The predicted octanol–water partition coefficient (Wildman–Crippen LogP) is 5.51. The molecule has 0 spiro atoms. The second-order valence-corrected chi connectivity index (χ2v) is 12.5. The zero-order valence-corrected chi connectivity index (χ0v) is 23.9. The molecule has 0 radical (unpaired) electrons. The van der Waals surface area contributed by atoms with E-state index in [1.165, 1.54) is 32.3 Å². The Morgan fingerprint density at radius 1 is 1.05 bits per heavy atom. The average Bonchev–Trinajstić information content (AvgIpc) is 3.54. The number of alkyl halides is 4. The van der Waals surface area contributed by atoms with Gasteiger partial charge in [0.25, 0.3) is 10.0 Å². The van der Waals surface area contributed by atoms with E-state index in [2.05, 4.69) is 20.3 Å². The van der Waals surface area contributed by atoms with E-state index < -0.39 is 62.9 Å². The van der Waals surface area contributed by atoms with E-state index in [0.717, 1.165) is 28.6 Å². The minimum Gasteiger partial charge on any atom is -0.443 e. The lowest BCUT2D eigenvalue weighted by Gasteiger charge is -2.26. The number of amides is 1. The third kappa shape index (κ3) is 6.09. The van der Waals surface area contributed by atoms with Gasteiger partial charge in [-0.2, -0.15) is 17.5 Å². The van der Waals surface area contributed by atoms with Crippen molar-refractivity contribution in [3.63, 3.8) is 0 Å². The lowest BCUT2D eigenvalue weighted by molar-refractivity contribution is -0.138. The van der Waals surface area contributed by atoms with Gasteiger partial charge in [-0.15, -0.1) is 0 Å². The fraction of sp³-hybridized carbons (Fsp3) is 0.357. The van der Waals surface area contributed by atoms with Crippen LogP contribution in [0.25, 0.3) is 22.2 Å². The highest BCUT2D eigenvalue weighted by molar-refractivity contribution is 7.89. The molecule has 3 aromatic heterocycles. The van der Waals surface area contributed by atoms with E-state index in [1.807, 2.05) is 0 Å². The second kappa shape index (κ2) is 10.9. The summed E-state index contributed by atoms with van der Waals surface area (Å²) < 4.78 is 103. The maximum absolute atomic E-state index is 14.1. The molecule has 2 atom stereocenters. The Labute approximate surface area is 243 Å². The lowest BCUT2D eigenvalue weighted by Crippen LogP contribution is -2.48. The number of nitrogens with one attached hydrogen (secondary N) is 1. The number of benzene rings is 1. The molecule has 1 amide bonds. The molecule has 0 saturated carbocycles. The molecule has 4 aromatic rings. The summed E-state index contributed by atoms with van der Waals surface area (Å²) >= 11 is 0. The summed E-state index contributed by atoms with van der Waals surface area (Å²) in [7, 11) is -4.38. The third-order valence-corrected chi connectivity index (χ3v) is 9.00. The van der Waals surface area contributed by atoms with Crippen molar-refractivity contribution in [1.82, 2.24) is 24.6 Å². The van der Waals surface area contributed by atoms with Crippen LogP contribution in [0.15, 0.2) is 58.4 Å². The highest BCUT2D eigenvalue weighted by Gasteiger charge is 2.45. The molecule has 1 saturated heterocycles. The van der Waals surface area contributed by atoms with E-state index >= 15 is 0 Å². The minimum atomic E-state index is -4.80. The summed E-state index contributed by atoms with van der Waals surface area (Å²) in [5.41, 5.74) is -2.85. The second-order valence-electron chi connectivity index (χ2n) is 10.7. The van der Waals surface area contributed by atoms with Gasteiger partial charge in [0.1, 0.15) is 17.4 Å². The number of rotatable bonds is 7. The summed E-state index contributed by atoms with van der Waals surface area (Å²) in [5, 5.41) is 2.17. The van der Waals surface area contributed by atoms with Gasteiger partial charge >= 0.3 is 6.18 Å². The van der Waals surface area contributed by atoms with Crippen LogP contribution in [0, 0.1) is 5.82 Å². The van der Waals surface area contributed by atoms with Gasteiger partial charge in [0, 0.05) is 48.2 Å². The molecule has 9 nitrogen and oxygen atoms in total. The Balaban J connectivity index is 1.40. The maximum atomic E-state index is 14.1. The van der Waals surface area contributed by atoms with Crippen LogP contribution in [-0.2, 0) is 33.2 Å². The van der Waals surface area contributed by atoms with Crippen LogP contribution in [0.2, 0.25) is 0 Å². The van der Waals surface area contributed by atoms with Gasteiger partial charge in [-0.05, 0) is 63.4 Å². The number of pyridine rings is 1. The number of hydrogen-bond donors (Lipinski definition) is 1. The zero-order chi connectivity index (χ0) is 31.3. The molecule has 228 valence electrons. The van der Waals surface area contributed by atoms with Crippen LogP contribution in [0.3, 0.4) is 0 Å². The molecule has 4 heterocycles. The van der Waals surface area contributed by atoms with Gasteiger partial charge in [0.15, 0.2) is 11.5 Å². The molecular weight excluding hydrogens is 597 g/mol. The first-order valence-electron chi connectivity index (χ1n) is 13.1. The van der Waals surface area contributed by atoms with E-state index in [-0.39, 0.29) is 40.0 Å². The number of hydrogen-bond acceptors (Lipinski definition) is 7. The Morgan fingerprint density at radius 3 is 2.40 bits per heavy atom. The summed E-state index contributed by atoms with van der Waals surface area (Å²) in [6, 6.07) is 3.92. The Bertz CT molecular complexity index is 1790.